The fraction of sp³-hybridized carbons (Fsp3) is 0.200. The van der Waals surface area contributed by atoms with Crippen molar-refractivity contribution >= 4 is 21.8 Å². The van der Waals surface area contributed by atoms with E-state index in [4.69, 9.17) is 15.0 Å². The minimum absolute atomic E-state index is 0.374. The average molecular weight is 710 g/mol. The van der Waals surface area contributed by atoms with Gasteiger partial charge in [0.05, 0.1) is 22.7 Å². The van der Waals surface area contributed by atoms with Crippen LogP contribution in [-0.4, -0.2) is 19.5 Å². The van der Waals surface area contributed by atoms with Gasteiger partial charge in [0, 0.05) is 33.2 Å². The number of rotatable bonds is 6. The van der Waals surface area contributed by atoms with Crippen LogP contribution >= 0.6 is 0 Å². The molecule has 4 fully saturated rings. The number of hydrogen-bond donors (Lipinski definition) is 0. The summed E-state index contributed by atoms with van der Waals surface area (Å²) in [5.41, 5.74) is 10.9. The quantitative estimate of drug-likeness (QED) is 0.172. The maximum absolute atomic E-state index is 9.61. The minimum atomic E-state index is 0.374. The zero-order chi connectivity index (χ0) is 36.5. The van der Waals surface area contributed by atoms with Crippen molar-refractivity contribution in [2.24, 2.45) is 17.8 Å². The van der Waals surface area contributed by atoms with Gasteiger partial charge >= 0.3 is 0 Å². The van der Waals surface area contributed by atoms with E-state index in [-0.39, 0.29) is 0 Å². The highest BCUT2D eigenvalue weighted by atomic mass is 15.0. The molecule has 55 heavy (non-hydrogen) atoms. The van der Waals surface area contributed by atoms with Crippen molar-refractivity contribution in [1.29, 1.82) is 5.26 Å². The van der Waals surface area contributed by atoms with Crippen molar-refractivity contribution in [2.75, 3.05) is 0 Å². The van der Waals surface area contributed by atoms with Gasteiger partial charge in [-0.05, 0) is 127 Å². The molecule has 2 aromatic heterocycles. The summed E-state index contributed by atoms with van der Waals surface area (Å²) in [5, 5.41) is 11.8. The Morgan fingerprint density at radius 1 is 0.509 bits per heavy atom. The molecular formula is C50H39N5. The number of benzene rings is 6. The molecular weight excluding hydrogens is 671 g/mol. The molecule has 0 aliphatic heterocycles. The van der Waals surface area contributed by atoms with Crippen LogP contribution in [-0.2, 0) is 5.41 Å². The predicted molar refractivity (Wildman–Crippen MR) is 220 cm³/mol. The van der Waals surface area contributed by atoms with E-state index >= 15 is 0 Å². The van der Waals surface area contributed by atoms with Gasteiger partial charge in [0.2, 0.25) is 0 Å². The Balaban J connectivity index is 0.987. The lowest BCUT2D eigenvalue weighted by Gasteiger charge is -2.57. The molecule has 5 nitrogen and oxygen atoms in total. The lowest BCUT2D eigenvalue weighted by atomic mass is 9.48. The summed E-state index contributed by atoms with van der Waals surface area (Å²) in [5.74, 6) is 4.70. The predicted octanol–water partition coefficient (Wildman–Crippen LogP) is 12.0. The number of nitrogens with zero attached hydrogens (tertiary/aromatic N) is 5. The van der Waals surface area contributed by atoms with Crippen molar-refractivity contribution in [2.45, 2.75) is 43.9 Å². The highest BCUT2D eigenvalue weighted by Gasteiger charge is 2.51. The molecule has 0 amide bonds. The van der Waals surface area contributed by atoms with E-state index in [0.717, 1.165) is 67.5 Å². The molecule has 4 saturated carbocycles. The lowest BCUT2D eigenvalue weighted by molar-refractivity contribution is -0.00518. The molecule has 0 saturated heterocycles. The normalized spacial score (nSPS) is 21.3. The zero-order valence-corrected chi connectivity index (χ0v) is 30.6. The summed E-state index contributed by atoms with van der Waals surface area (Å²) in [7, 11) is 0. The van der Waals surface area contributed by atoms with E-state index in [1.807, 2.05) is 42.5 Å². The van der Waals surface area contributed by atoms with Gasteiger partial charge in [-0.25, -0.2) is 15.0 Å². The standard InChI is InChI=1S/C50H39N5/c51-31-32-14-23-46-44(27-32)42-11-6-7-13-45(42)55(46)40-21-17-38(18-22-40)48-52-47(37-8-2-1-3-9-37)53-49(54-48)43-12-5-4-10-41(43)36-15-19-39(20-16-36)50-28-33-24-34(29-50)26-35(25-33)30-50/h1-23,27,33-35H,24-26,28-30H2. The first kappa shape index (κ1) is 32.1. The molecule has 6 aromatic carbocycles. The van der Waals surface area contributed by atoms with Crippen molar-refractivity contribution in [1.82, 2.24) is 19.5 Å². The fourth-order valence-electron chi connectivity index (χ4n) is 10.8. The molecule has 4 aliphatic carbocycles. The van der Waals surface area contributed by atoms with Gasteiger partial charge < -0.3 is 4.57 Å². The molecule has 5 heteroatoms. The zero-order valence-electron chi connectivity index (χ0n) is 30.6. The molecule has 2 heterocycles. The lowest BCUT2D eigenvalue weighted by Crippen LogP contribution is -2.48. The third-order valence-electron chi connectivity index (χ3n) is 12.9. The summed E-state index contributed by atoms with van der Waals surface area (Å²) in [6, 6.07) is 53.3. The van der Waals surface area contributed by atoms with Crippen LogP contribution in [0.5, 0.6) is 0 Å². The highest BCUT2D eigenvalue weighted by Crippen LogP contribution is 2.60. The van der Waals surface area contributed by atoms with E-state index < -0.39 is 0 Å². The summed E-state index contributed by atoms with van der Waals surface area (Å²) in [6.07, 6.45) is 8.48. The topological polar surface area (TPSA) is 67.4 Å². The SMILES string of the molecule is N#Cc1ccc2c(c1)c1ccccc1n2-c1ccc(-c2nc(-c3ccccc3)nc(-c3ccccc3-c3ccc(C45CC6CC(CC(C6)C4)C5)cc3)n2)cc1. The molecule has 8 aromatic rings. The summed E-state index contributed by atoms with van der Waals surface area (Å²) < 4.78 is 2.26. The Hall–Kier alpha value is -6.38. The number of hydrogen-bond acceptors (Lipinski definition) is 4. The van der Waals surface area contributed by atoms with Crippen LogP contribution in [0.1, 0.15) is 49.7 Å². The van der Waals surface area contributed by atoms with Gasteiger partial charge in [-0.1, -0.05) is 97.1 Å². The number of nitriles is 1. The average Bonchev–Trinajstić information content (AvgIpc) is 3.57. The second-order valence-electron chi connectivity index (χ2n) is 16.2. The summed E-state index contributed by atoms with van der Waals surface area (Å²) in [4.78, 5) is 15.4. The van der Waals surface area contributed by atoms with Gasteiger partial charge in [0.15, 0.2) is 17.5 Å². The molecule has 0 unspecified atom stereocenters. The Morgan fingerprint density at radius 2 is 1.07 bits per heavy atom. The minimum Gasteiger partial charge on any atom is -0.309 e. The van der Waals surface area contributed by atoms with Gasteiger partial charge in [0.1, 0.15) is 0 Å². The van der Waals surface area contributed by atoms with Crippen LogP contribution in [0.2, 0.25) is 0 Å². The molecule has 264 valence electrons. The molecule has 0 atom stereocenters. The van der Waals surface area contributed by atoms with E-state index in [0.29, 0.717) is 28.5 Å². The van der Waals surface area contributed by atoms with Gasteiger partial charge in [-0.2, -0.15) is 5.26 Å². The van der Waals surface area contributed by atoms with Crippen molar-refractivity contribution in [3.05, 3.63) is 157 Å². The van der Waals surface area contributed by atoms with Gasteiger partial charge in [-0.15, -0.1) is 0 Å². The number of fused-ring (bicyclic) bond motifs is 3. The Morgan fingerprint density at radius 3 is 1.76 bits per heavy atom. The largest absolute Gasteiger partial charge is 0.309 e. The molecule has 12 rings (SSSR count). The molecule has 0 radical (unpaired) electrons. The highest BCUT2D eigenvalue weighted by molar-refractivity contribution is 6.09. The first-order valence-electron chi connectivity index (χ1n) is 19.7. The van der Waals surface area contributed by atoms with Crippen LogP contribution in [0, 0.1) is 29.1 Å². The van der Waals surface area contributed by atoms with E-state index in [9.17, 15) is 5.26 Å². The third kappa shape index (κ3) is 5.39. The molecule has 4 bridgehead atoms. The third-order valence-corrected chi connectivity index (χ3v) is 12.9. The second-order valence-corrected chi connectivity index (χ2v) is 16.2. The molecule has 0 N–H and O–H groups in total. The van der Waals surface area contributed by atoms with Crippen LogP contribution in [0.15, 0.2) is 146 Å². The Labute approximate surface area is 321 Å². The smallest absolute Gasteiger partial charge is 0.164 e. The van der Waals surface area contributed by atoms with Crippen molar-refractivity contribution in [3.63, 3.8) is 0 Å². The van der Waals surface area contributed by atoms with Crippen molar-refractivity contribution in [3.8, 4) is 57.0 Å². The summed E-state index contributed by atoms with van der Waals surface area (Å²) in [6.45, 7) is 0. The maximum Gasteiger partial charge on any atom is 0.164 e. The second kappa shape index (κ2) is 12.6. The first-order chi connectivity index (χ1) is 27.1. The van der Waals surface area contributed by atoms with Crippen LogP contribution in [0.25, 0.3) is 72.8 Å². The molecule has 4 aliphatic rings. The Bertz CT molecular complexity index is 2760. The fourth-order valence-corrected chi connectivity index (χ4v) is 10.8. The van der Waals surface area contributed by atoms with E-state index in [1.54, 1.807) is 0 Å². The van der Waals surface area contributed by atoms with E-state index in [1.165, 1.54) is 49.7 Å². The Kier molecular flexibility index (Phi) is 7.35. The van der Waals surface area contributed by atoms with Crippen LogP contribution in [0.3, 0.4) is 0 Å². The monoisotopic (exact) mass is 709 g/mol. The van der Waals surface area contributed by atoms with Gasteiger partial charge in [0.25, 0.3) is 0 Å². The van der Waals surface area contributed by atoms with Crippen LogP contribution < -0.4 is 0 Å². The van der Waals surface area contributed by atoms with Crippen LogP contribution in [0.4, 0.5) is 0 Å². The van der Waals surface area contributed by atoms with Crippen molar-refractivity contribution < 1.29 is 0 Å². The maximum atomic E-state index is 9.61. The number of para-hydroxylation sites is 1. The number of aromatic nitrogens is 4. The van der Waals surface area contributed by atoms with Gasteiger partial charge in [-0.3, -0.25) is 0 Å². The molecule has 0 spiro atoms. The van der Waals surface area contributed by atoms with E-state index in [2.05, 4.69) is 114 Å². The summed E-state index contributed by atoms with van der Waals surface area (Å²) >= 11 is 0. The first-order valence-corrected chi connectivity index (χ1v) is 19.7.